The first-order valence-corrected chi connectivity index (χ1v) is 3.55. The fourth-order valence-corrected chi connectivity index (χ4v) is 1.07. The van der Waals surface area contributed by atoms with Crippen molar-refractivity contribution in [3.05, 3.63) is 0 Å². The van der Waals surface area contributed by atoms with Gasteiger partial charge in [-0.2, -0.15) is 0 Å². The topological polar surface area (TPSA) is 127 Å². The third-order valence-corrected chi connectivity index (χ3v) is 1.83. The van der Waals surface area contributed by atoms with Gasteiger partial charge in [-0.25, -0.2) is 4.79 Å². The monoisotopic (exact) mass is 194 g/mol. The molecule has 1 fully saturated rings. The molecule has 1 unspecified atom stereocenters. The van der Waals surface area contributed by atoms with Crippen molar-refractivity contribution in [2.45, 2.75) is 30.7 Å². The van der Waals surface area contributed by atoms with E-state index in [1.807, 2.05) is 0 Å². The van der Waals surface area contributed by atoms with Crippen LogP contribution < -0.4 is 0 Å². The first kappa shape index (κ1) is 10.4. The summed E-state index contributed by atoms with van der Waals surface area (Å²) in [5.74, 6) is -1.52. The van der Waals surface area contributed by atoms with Crippen LogP contribution in [0.3, 0.4) is 0 Å². The summed E-state index contributed by atoms with van der Waals surface area (Å²) in [5.41, 5.74) is 0. The lowest BCUT2D eigenvalue weighted by atomic mass is 9.99. The quantitative estimate of drug-likeness (QED) is 0.298. The molecule has 1 aliphatic rings. The molecule has 1 rings (SSSR count). The van der Waals surface area contributed by atoms with Gasteiger partial charge in [0.05, 0.1) is 0 Å². The number of hydrogen-bond donors (Lipinski definition) is 5. The largest absolute Gasteiger partial charge is 0.479 e. The Labute approximate surface area is 72.8 Å². The average Bonchev–Trinajstić information content (AvgIpc) is 2.07. The Morgan fingerprint density at radius 1 is 1.00 bits per heavy atom. The van der Waals surface area contributed by atoms with Gasteiger partial charge < -0.3 is 30.3 Å². The molecular weight excluding hydrogens is 184 g/mol. The molecule has 0 aromatic carbocycles. The zero-order valence-corrected chi connectivity index (χ0v) is 6.44. The number of aliphatic carboxylic acids is 1. The van der Waals surface area contributed by atoms with E-state index in [0.717, 1.165) is 0 Å². The predicted octanol–water partition coefficient (Wildman–Crippen LogP) is -3.13. The normalized spacial score (nSPS) is 46.0. The highest BCUT2D eigenvalue weighted by Crippen LogP contribution is 2.19. The number of rotatable bonds is 1. The van der Waals surface area contributed by atoms with E-state index in [0.29, 0.717) is 0 Å². The summed E-state index contributed by atoms with van der Waals surface area (Å²) in [6.07, 6.45) is -8.72. The first-order chi connectivity index (χ1) is 5.95. The van der Waals surface area contributed by atoms with Crippen LogP contribution in [0, 0.1) is 0 Å². The van der Waals surface area contributed by atoms with Crippen molar-refractivity contribution in [3.63, 3.8) is 0 Å². The third kappa shape index (κ3) is 1.79. The molecule has 0 aliphatic carbocycles. The summed E-state index contributed by atoms with van der Waals surface area (Å²) in [4.78, 5) is 10.4. The van der Waals surface area contributed by atoms with Gasteiger partial charge >= 0.3 is 5.97 Å². The molecule has 5 N–H and O–H groups in total. The fraction of sp³-hybridized carbons (Fsp3) is 0.833. The van der Waals surface area contributed by atoms with Crippen molar-refractivity contribution >= 4 is 5.97 Å². The summed E-state index contributed by atoms with van der Waals surface area (Å²) in [6, 6.07) is 0. The van der Waals surface area contributed by atoms with Crippen molar-refractivity contribution in [1.29, 1.82) is 0 Å². The highest BCUT2D eigenvalue weighted by molar-refractivity contribution is 5.73. The van der Waals surface area contributed by atoms with Crippen LogP contribution in [0.1, 0.15) is 0 Å². The molecule has 0 spiro atoms. The zero-order valence-electron chi connectivity index (χ0n) is 6.44. The van der Waals surface area contributed by atoms with Crippen LogP contribution >= 0.6 is 0 Å². The van der Waals surface area contributed by atoms with E-state index >= 15 is 0 Å². The number of aliphatic hydroxyl groups is 4. The summed E-state index contributed by atoms with van der Waals surface area (Å²) < 4.78 is 4.34. The van der Waals surface area contributed by atoms with Gasteiger partial charge in [0.25, 0.3) is 0 Å². The van der Waals surface area contributed by atoms with E-state index in [2.05, 4.69) is 4.74 Å². The second kappa shape index (κ2) is 3.56. The highest BCUT2D eigenvalue weighted by atomic mass is 16.6. The van der Waals surface area contributed by atoms with Gasteiger partial charge in [-0.1, -0.05) is 0 Å². The number of carboxylic acid groups (broad SMARTS) is 1. The van der Waals surface area contributed by atoms with Gasteiger partial charge in [-0.05, 0) is 0 Å². The maximum absolute atomic E-state index is 10.4. The SMILES string of the molecule is O=C(O)[C@H]1OC(O)[C@H](O)[C@@H](O)[C@@H]1O. The van der Waals surface area contributed by atoms with E-state index in [-0.39, 0.29) is 0 Å². The minimum atomic E-state index is -1.81. The van der Waals surface area contributed by atoms with Crippen LogP contribution in [0.4, 0.5) is 0 Å². The number of hydrogen-bond acceptors (Lipinski definition) is 6. The standard InChI is InChI=1S/C6H10O7/c7-1-2(8)4(5(10)11)13-6(12)3(1)9/h1-4,6-9,12H,(H,10,11)/t1-,2-,3+,4-,6?/m0/s1. The van der Waals surface area contributed by atoms with Gasteiger partial charge in [0.1, 0.15) is 18.3 Å². The molecule has 76 valence electrons. The molecule has 13 heavy (non-hydrogen) atoms. The molecule has 0 radical (unpaired) electrons. The van der Waals surface area contributed by atoms with E-state index in [4.69, 9.17) is 25.5 Å². The summed E-state index contributed by atoms with van der Waals surface area (Å²) in [7, 11) is 0. The minimum Gasteiger partial charge on any atom is -0.479 e. The van der Waals surface area contributed by atoms with Crippen molar-refractivity contribution in [1.82, 2.24) is 0 Å². The predicted molar refractivity (Wildman–Crippen MR) is 36.5 cm³/mol. The lowest BCUT2D eigenvalue weighted by Gasteiger charge is -2.36. The Hall–Kier alpha value is -0.730. The van der Waals surface area contributed by atoms with E-state index in [9.17, 15) is 4.79 Å². The molecule has 0 aromatic heterocycles. The van der Waals surface area contributed by atoms with Crippen LogP contribution in [-0.4, -0.2) is 62.2 Å². The molecular formula is C6H10O7. The van der Waals surface area contributed by atoms with E-state index in [1.54, 1.807) is 0 Å². The van der Waals surface area contributed by atoms with Gasteiger partial charge in [0, 0.05) is 0 Å². The van der Waals surface area contributed by atoms with Crippen LogP contribution in [-0.2, 0) is 9.53 Å². The molecule has 1 aliphatic heterocycles. The van der Waals surface area contributed by atoms with Crippen molar-refractivity contribution < 1.29 is 35.1 Å². The second-order valence-electron chi connectivity index (χ2n) is 2.76. The van der Waals surface area contributed by atoms with E-state index < -0.39 is 36.7 Å². The fourth-order valence-electron chi connectivity index (χ4n) is 1.07. The Morgan fingerprint density at radius 2 is 1.54 bits per heavy atom. The van der Waals surface area contributed by atoms with Crippen molar-refractivity contribution in [2.75, 3.05) is 0 Å². The zero-order chi connectivity index (χ0) is 10.2. The smallest absolute Gasteiger partial charge is 0.335 e. The van der Waals surface area contributed by atoms with E-state index in [1.165, 1.54) is 0 Å². The number of ether oxygens (including phenoxy) is 1. The Morgan fingerprint density at radius 3 is 2.00 bits per heavy atom. The summed E-state index contributed by atoms with van der Waals surface area (Å²) in [5, 5.41) is 44.4. The molecule has 0 amide bonds. The van der Waals surface area contributed by atoms with Crippen molar-refractivity contribution in [2.24, 2.45) is 0 Å². The molecule has 0 aromatic rings. The minimum absolute atomic E-state index is 1.52. The van der Waals surface area contributed by atoms with Crippen LogP contribution in [0.2, 0.25) is 0 Å². The van der Waals surface area contributed by atoms with Gasteiger partial charge in [0.15, 0.2) is 12.4 Å². The Bertz CT molecular complexity index is 205. The third-order valence-electron chi connectivity index (χ3n) is 1.83. The maximum atomic E-state index is 10.4. The van der Waals surface area contributed by atoms with Crippen LogP contribution in [0.25, 0.3) is 0 Å². The molecule has 1 saturated heterocycles. The summed E-state index contributed by atoms with van der Waals surface area (Å²) in [6.45, 7) is 0. The summed E-state index contributed by atoms with van der Waals surface area (Å²) >= 11 is 0. The molecule has 5 atom stereocenters. The maximum Gasteiger partial charge on any atom is 0.335 e. The lowest BCUT2D eigenvalue weighted by Crippen LogP contribution is -2.59. The Balaban J connectivity index is 2.76. The van der Waals surface area contributed by atoms with Gasteiger partial charge in [0.2, 0.25) is 0 Å². The van der Waals surface area contributed by atoms with Gasteiger partial charge in [-0.15, -0.1) is 0 Å². The molecule has 1 heterocycles. The van der Waals surface area contributed by atoms with Crippen molar-refractivity contribution in [3.8, 4) is 0 Å². The highest BCUT2D eigenvalue weighted by Gasteiger charge is 2.46. The lowest BCUT2D eigenvalue weighted by molar-refractivity contribution is -0.279. The van der Waals surface area contributed by atoms with Crippen LogP contribution in [0.15, 0.2) is 0 Å². The first-order valence-electron chi connectivity index (χ1n) is 3.55. The second-order valence-corrected chi connectivity index (χ2v) is 2.76. The molecule has 7 heteroatoms. The molecule has 0 saturated carbocycles. The number of aliphatic hydroxyl groups excluding tert-OH is 4. The molecule has 7 nitrogen and oxygen atoms in total. The number of carbonyl (C=O) groups is 1. The molecule has 0 bridgehead atoms. The Kier molecular flexibility index (Phi) is 2.84. The number of carboxylic acids is 1. The van der Waals surface area contributed by atoms with Gasteiger partial charge in [-0.3, -0.25) is 0 Å². The van der Waals surface area contributed by atoms with Crippen LogP contribution in [0.5, 0.6) is 0 Å². The average molecular weight is 194 g/mol.